The van der Waals surface area contributed by atoms with Crippen molar-refractivity contribution < 1.29 is 0 Å². The highest BCUT2D eigenvalue weighted by molar-refractivity contribution is 5.77. The number of anilines is 3. The minimum atomic E-state index is 0.786. The molecule has 0 amide bonds. The zero-order chi connectivity index (χ0) is 20.0. The molecule has 2 bridgehead atoms. The Balaban J connectivity index is 1.56. The van der Waals surface area contributed by atoms with Gasteiger partial charge in [-0.05, 0) is 116 Å². The molecule has 2 aliphatic carbocycles. The first-order valence-electron chi connectivity index (χ1n) is 11.1. The fourth-order valence-electron chi connectivity index (χ4n) is 5.82. The molecule has 0 heterocycles. The maximum atomic E-state index is 2.43. The van der Waals surface area contributed by atoms with Crippen LogP contribution in [0, 0.1) is 32.6 Å². The summed E-state index contributed by atoms with van der Waals surface area (Å²) >= 11 is 0. The van der Waals surface area contributed by atoms with Gasteiger partial charge in [0.15, 0.2) is 0 Å². The van der Waals surface area contributed by atoms with E-state index in [9.17, 15) is 0 Å². The normalized spacial score (nSPS) is 22.8. The monoisotopic (exact) mass is 381 g/mol. The Morgan fingerprint density at radius 2 is 1.34 bits per heavy atom. The molecule has 0 N–H and O–H groups in total. The number of fused-ring (bicyclic) bond motifs is 2. The Morgan fingerprint density at radius 3 is 1.86 bits per heavy atom. The van der Waals surface area contributed by atoms with Gasteiger partial charge >= 0.3 is 0 Å². The second-order valence-corrected chi connectivity index (χ2v) is 9.34. The maximum absolute atomic E-state index is 2.43. The average molecular weight is 382 g/mol. The van der Waals surface area contributed by atoms with Gasteiger partial charge in [-0.1, -0.05) is 36.8 Å². The lowest BCUT2D eigenvalue weighted by molar-refractivity contribution is 0.419. The van der Waals surface area contributed by atoms with E-state index in [1.807, 2.05) is 0 Å². The number of hydrogen-bond donors (Lipinski definition) is 0. The van der Waals surface area contributed by atoms with Crippen LogP contribution in [0.1, 0.15) is 53.9 Å². The number of benzene rings is 3. The van der Waals surface area contributed by atoms with Crippen LogP contribution in [-0.4, -0.2) is 0 Å². The van der Waals surface area contributed by atoms with Crippen molar-refractivity contribution >= 4 is 17.1 Å². The molecule has 3 aromatic carbocycles. The average Bonchev–Trinajstić information content (AvgIpc) is 3.32. The third-order valence-electron chi connectivity index (χ3n) is 7.17. The second kappa shape index (κ2) is 7.37. The highest BCUT2D eigenvalue weighted by atomic mass is 15.1. The van der Waals surface area contributed by atoms with Gasteiger partial charge in [0.05, 0.1) is 0 Å². The van der Waals surface area contributed by atoms with E-state index in [4.69, 9.17) is 0 Å². The Labute approximate surface area is 175 Å². The molecule has 3 atom stereocenters. The van der Waals surface area contributed by atoms with Gasteiger partial charge in [-0.2, -0.15) is 0 Å². The summed E-state index contributed by atoms with van der Waals surface area (Å²) in [6, 6.07) is 24.8. The van der Waals surface area contributed by atoms with Crippen LogP contribution >= 0.6 is 0 Å². The van der Waals surface area contributed by atoms with E-state index in [0.717, 1.165) is 17.8 Å². The van der Waals surface area contributed by atoms with E-state index in [2.05, 4.69) is 92.4 Å². The van der Waals surface area contributed by atoms with Gasteiger partial charge in [0, 0.05) is 17.1 Å². The molecule has 0 spiro atoms. The summed E-state index contributed by atoms with van der Waals surface area (Å²) in [4.78, 5) is 2.40. The van der Waals surface area contributed by atoms with Gasteiger partial charge in [0.25, 0.3) is 0 Å². The first kappa shape index (κ1) is 18.5. The van der Waals surface area contributed by atoms with E-state index in [0.29, 0.717) is 0 Å². The summed E-state index contributed by atoms with van der Waals surface area (Å²) in [7, 11) is 0. The van der Waals surface area contributed by atoms with Crippen molar-refractivity contribution in [3.8, 4) is 0 Å². The largest absolute Gasteiger partial charge is 0.310 e. The molecule has 5 rings (SSSR count). The molecule has 1 heteroatoms. The lowest BCUT2D eigenvalue weighted by Crippen LogP contribution is -2.13. The van der Waals surface area contributed by atoms with Crippen LogP contribution in [0.15, 0.2) is 66.7 Å². The van der Waals surface area contributed by atoms with Crippen molar-refractivity contribution in [1.82, 2.24) is 0 Å². The maximum Gasteiger partial charge on any atom is 0.0464 e. The Morgan fingerprint density at radius 1 is 0.690 bits per heavy atom. The number of nitrogens with zero attached hydrogens (tertiary/aromatic N) is 1. The van der Waals surface area contributed by atoms with Gasteiger partial charge in [0.2, 0.25) is 0 Å². The molecule has 0 radical (unpaired) electrons. The quantitative estimate of drug-likeness (QED) is 0.443. The lowest BCUT2D eigenvalue weighted by atomic mass is 9.81. The van der Waals surface area contributed by atoms with Crippen LogP contribution in [0.2, 0.25) is 0 Å². The van der Waals surface area contributed by atoms with Gasteiger partial charge in [-0.15, -0.1) is 0 Å². The summed E-state index contributed by atoms with van der Waals surface area (Å²) in [5.74, 6) is 2.70. The molecule has 148 valence electrons. The van der Waals surface area contributed by atoms with Crippen LogP contribution in [0.5, 0.6) is 0 Å². The molecule has 2 fully saturated rings. The van der Waals surface area contributed by atoms with Gasteiger partial charge in [0.1, 0.15) is 0 Å². The van der Waals surface area contributed by atoms with E-state index >= 15 is 0 Å². The number of hydrogen-bond acceptors (Lipinski definition) is 1. The van der Waals surface area contributed by atoms with Crippen molar-refractivity contribution in [3.63, 3.8) is 0 Å². The summed E-state index contributed by atoms with van der Waals surface area (Å²) in [5.41, 5.74) is 9.32. The molecule has 29 heavy (non-hydrogen) atoms. The van der Waals surface area contributed by atoms with Crippen LogP contribution in [0.4, 0.5) is 17.1 Å². The zero-order valence-corrected chi connectivity index (χ0v) is 17.9. The zero-order valence-electron chi connectivity index (χ0n) is 17.9. The third kappa shape index (κ3) is 3.48. The summed E-state index contributed by atoms with van der Waals surface area (Å²) in [5, 5.41) is 0. The smallest absolute Gasteiger partial charge is 0.0464 e. The minimum absolute atomic E-state index is 0.786. The van der Waals surface area contributed by atoms with Crippen LogP contribution < -0.4 is 4.90 Å². The highest BCUT2D eigenvalue weighted by Crippen LogP contribution is 2.53. The van der Waals surface area contributed by atoms with Crippen molar-refractivity contribution in [1.29, 1.82) is 0 Å². The molecule has 1 nitrogen and oxygen atoms in total. The molecular formula is C28H31N. The fraction of sp³-hybridized carbons (Fsp3) is 0.357. The minimum Gasteiger partial charge on any atom is -0.310 e. The molecule has 0 saturated heterocycles. The predicted octanol–water partition coefficient (Wildman–Crippen LogP) is 7.99. The molecular weight excluding hydrogens is 350 g/mol. The van der Waals surface area contributed by atoms with Crippen LogP contribution in [0.25, 0.3) is 0 Å². The molecule has 0 aliphatic heterocycles. The van der Waals surface area contributed by atoms with Gasteiger partial charge in [-0.25, -0.2) is 0 Å². The van der Waals surface area contributed by atoms with Crippen molar-refractivity contribution in [2.45, 2.75) is 52.4 Å². The molecule has 3 aromatic rings. The summed E-state index contributed by atoms with van der Waals surface area (Å²) in [6.45, 7) is 6.65. The topological polar surface area (TPSA) is 3.24 Å². The number of aryl methyl sites for hydroxylation is 3. The van der Waals surface area contributed by atoms with Gasteiger partial charge < -0.3 is 4.90 Å². The predicted molar refractivity (Wildman–Crippen MR) is 124 cm³/mol. The first-order valence-corrected chi connectivity index (χ1v) is 11.1. The van der Waals surface area contributed by atoms with Crippen molar-refractivity contribution in [2.75, 3.05) is 4.90 Å². The number of rotatable bonds is 4. The first-order chi connectivity index (χ1) is 14.1. The highest BCUT2D eigenvalue weighted by Gasteiger charge is 2.40. The van der Waals surface area contributed by atoms with E-state index in [1.165, 1.54) is 59.4 Å². The van der Waals surface area contributed by atoms with Gasteiger partial charge in [-0.3, -0.25) is 0 Å². The third-order valence-corrected chi connectivity index (χ3v) is 7.17. The van der Waals surface area contributed by atoms with E-state index in [-0.39, 0.29) is 0 Å². The van der Waals surface area contributed by atoms with E-state index in [1.54, 1.807) is 5.56 Å². The second-order valence-electron chi connectivity index (χ2n) is 9.34. The van der Waals surface area contributed by atoms with Crippen molar-refractivity contribution in [2.24, 2.45) is 11.8 Å². The summed E-state index contributed by atoms with van der Waals surface area (Å²) in [6.07, 6.45) is 5.77. The standard InChI is InChI=1S/C28H31N/c1-19-6-4-8-24(14-19)29(25-9-5-7-20(2)15-25)26-12-13-27(21(3)16-26)28-18-22-10-11-23(28)17-22/h4-9,12-16,22-23,28H,10-11,17-18H2,1-3H3. The molecule has 0 aromatic heterocycles. The van der Waals surface area contributed by atoms with E-state index < -0.39 is 0 Å². The Bertz CT molecular complexity index is 988. The Kier molecular flexibility index (Phi) is 4.70. The van der Waals surface area contributed by atoms with Crippen LogP contribution in [0.3, 0.4) is 0 Å². The molecule has 3 unspecified atom stereocenters. The molecule has 2 aliphatic rings. The lowest BCUT2D eigenvalue weighted by Gasteiger charge is -2.28. The Hall–Kier alpha value is -2.54. The summed E-state index contributed by atoms with van der Waals surface area (Å²) < 4.78 is 0. The SMILES string of the molecule is Cc1cccc(N(c2cccc(C)c2)c2ccc(C3CC4CCC3C4)c(C)c2)c1. The van der Waals surface area contributed by atoms with Crippen molar-refractivity contribution in [3.05, 3.63) is 89.0 Å². The molecule has 2 saturated carbocycles. The van der Waals surface area contributed by atoms with Crippen LogP contribution in [-0.2, 0) is 0 Å². The fourth-order valence-corrected chi connectivity index (χ4v) is 5.82.